The summed E-state index contributed by atoms with van der Waals surface area (Å²) < 4.78 is 0. The summed E-state index contributed by atoms with van der Waals surface area (Å²) in [5, 5.41) is 5.93. The van der Waals surface area contributed by atoms with Crippen molar-refractivity contribution in [1.82, 2.24) is 4.90 Å². The third-order valence-electron chi connectivity index (χ3n) is 5.73. The highest BCUT2D eigenvalue weighted by molar-refractivity contribution is 5.96. The minimum Gasteiger partial charge on any atom is -0.325 e. The molecule has 0 spiro atoms. The highest BCUT2D eigenvalue weighted by atomic mass is 16.2. The van der Waals surface area contributed by atoms with Gasteiger partial charge in [0.05, 0.1) is 12.6 Å². The molecule has 0 aromatic heterocycles. The minimum absolute atomic E-state index is 0.133. The normalized spacial score (nSPS) is 13.1. The van der Waals surface area contributed by atoms with Gasteiger partial charge >= 0.3 is 0 Å². The third kappa shape index (κ3) is 6.17. The SMILES string of the molecule is CC[C@H](C)c1ccc(NC(=O)[C@H](C)N(C)CC(=O)Nc2c(C)cc(C)cc2C)cc1. The van der Waals surface area contributed by atoms with Crippen molar-refractivity contribution in [2.75, 3.05) is 24.2 Å². The zero-order valence-electron chi connectivity index (χ0n) is 19.3. The van der Waals surface area contributed by atoms with Crippen LogP contribution in [0.4, 0.5) is 11.4 Å². The standard InChI is InChI=1S/C25H35N3O2/c1-8-17(3)21-9-11-22(12-10-21)26-25(30)20(6)28(7)15-23(29)27-24-18(4)13-16(2)14-19(24)5/h9-14,17,20H,8,15H2,1-7H3,(H,26,30)(H,27,29)/t17-,20-/m0/s1. The number of amides is 2. The molecule has 0 unspecified atom stereocenters. The fourth-order valence-corrected chi connectivity index (χ4v) is 3.50. The molecule has 0 aliphatic heterocycles. The Labute approximate surface area is 180 Å². The van der Waals surface area contributed by atoms with Gasteiger partial charge in [0.2, 0.25) is 11.8 Å². The molecule has 0 aliphatic carbocycles. The number of carbonyl (C=O) groups excluding carboxylic acids is 2. The number of rotatable bonds is 8. The number of nitrogens with zero attached hydrogens (tertiary/aromatic N) is 1. The van der Waals surface area contributed by atoms with Crippen molar-refractivity contribution in [3.05, 3.63) is 58.7 Å². The molecule has 5 heteroatoms. The molecule has 0 heterocycles. The molecule has 2 atom stereocenters. The van der Waals surface area contributed by atoms with Gasteiger partial charge in [0.25, 0.3) is 0 Å². The molecular formula is C25H35N3O2. The van der Waals surface area contributed by atoms with Crippen LogP contribution in [0.15, 0.2) is 36.4 Å². The zero-order valence-corrected chi connectivity index (χ0v) is 19.3. The van der Waals surface area contributed by atoms with Crippen LogP contribution in [0.1, 0.15) is 55.4 Å². The first kappa shape index (κ1) is 23.6. The second kappa shape index (κ2) is 10.4. The molecular weight excluding hydrogens is 374 g/mol. The maximum atomic E-state index is 12.6. The fourth-order valence-electron chi connectivity index (χ4n) is 3.50. The Morgan fingerprint density at radius 2 is 1.53 bits per heavy atom. The van der Waals surface area contributed by atoms with E-state index in [1.54, 1.807) is 18.9 Å². The van der Waals surface area contributed by atoms with Crippen LogP contribution in [-0.4, -0.2) is 36.3 Å². The summed E-state index contributed by atoms with van der Waals surface area (Å²) in [7, 11) is 1.78. The monoisotopic (exact) mass is 409 g/mol. The Hall–Kier alpha value is -2.66. The molecule has 5 nitrogen and oxygen atoms in total. The van der Waals surface area contributed by atoms with Gasteiger partial charge in [-0.1, -0.05) is 43.7 Å². The van der Waals surface area contributed by atoms with Crippen LogP contribution in [0.5, 0.6) is 0 Å². The predicted molar refractivity (Wildman–Crippen MR) is 125 cm³/mol. The molecule has 0 saturated carbocycles. The Morgan fingerprint density at radius 3 is 2.07 bits per heavy atom. The van der Waals surface area contributed by atoms with Gasteiger partial charge in [0.1, 0.15) is 0 Å². The van der Waals surface area contributed by atoms with Crippen molar-refractivity contribution in [3.63, 3.8) is 0 Å². The van der Waals surface area contributed by atoms with Crippen molar-refractivity contribution < 1.29 is 9.59 Å². The number of likely N-dealkylation sites (N-methyl/N-ethyl adjacent to an activating group) is 1. The molecule has 0 bridgehead atoms. The van der Waals surface area contributed by atoms with E-state index in [-0.39, 0.29) is 18.4 Å². The highest BCUT2D eigenvalue weighted by Gasteiger charge is 2.21. The van der Waals surface area contributed by atoms with Crippen molar-refractivity contribution in [1.29, 1.82) is 0 Å². The number of hydrogen-bond donors (Lipinski definition) is 2. The van der Waals surface area contributed by atoms with Crippen LogP contribution in [0.3, 0.4) is 0 Å². The van der Waals surface area contributed by atoms with E-state index in [1.807, 2.05) is 32.9 Å². The maximum absolute atomic E-state index is 12.6. The van der Waals surface area contributed by atoms with E-state index >= 15 is 0 Å². The van der Waals surface area contributed by atoms with Crippen molar-refractivity contribution in [2.45, 2.75) is 59.9 Å². The molecule has 0 fully saturated rings. The molecule has 0 radical (unpaired) electrons. The first-order valence-electron chi connectivity index (χ1n) is 10.6. The molecule has 2 amide bonds. The van der Waals surface area contributed by atoms with Crippen LogP contribution in [0.2, 0.25) is 0 Å². The van der Waals surface area contributed by atoms with E-state index in [1.165, 1.54) is 11.1 Å². The Morgan fingerprint density at radius 1 is 0.967 bits per heavy atom. The lowest BCUT2D eigenvalue weighted by Gasteiger charge is -2.24. The molecule has 2 aromatic rings. The Kier molecular flexibility index (Phi) is 8.18. The summed E-state index contributed by atoms with van der Waals surface area (Å²) in [6.45, 7) is 12.3. The van der Waals surface area contributed by atoms with E-state index in [0.29, 0.717) is 5.92 Å². The Balaban J connectivity index is 1.94. The van der Waals surface area contributed by atoms with Gasteiger partial charge in [0.15, 0.2) is 0 Å². The van der Waals surface area contributed by atoms with E-state index in [0.717, 1.165) is 28.9 Å². The summed E-state index contributed by atoms with van der Waals surface area (Å²) in [6.07, 6.45) is 1.08. The second-order valence-corrected chi connectivity index (χ2v) is 8.33. The van der Waals surface area contributed by atoms with E-state index in [2.05, 4.69) is 48.7 Å². The average molecular weight is 410 g/mol. The smallest absolute Gasteiger partial charge is 0.241 e. The maximum Gasteiger partial charge on any atom is 0.241 e. The van der Waals surface area contributed by atoms with Gasteiger partial charge in [0, 0.05) is 11.4 Å². The van der Waals surface area contributed by atoms with E-state index in [9.17, 15) is 9.59 Å². The van der Waals surface area contributed by atoms with Crippen LogP contribution in [0, 0.1) is 20.8 Å². The lowest BCUT2D eigenvalue weighted by Crippen LogP contribution is -2.43. The van der Waals surface area contributed by atoms with Gasteiger partial charge in [-0.15, -0.1) is 0 Å². The lowest BCUT2D eigenvalue weighted by atomic mass is 9.98. The fraction of sp³-hybridized carbons (Fsp3) is 0.440. The summed E-state index contributed by atoms with van der Waals surface area (Å²) in [6, 6.07) is 11.6. The molecule has 2 rings (SSSR count). The summed E-state index contributed by atoms with van der Waals surface area (Å²) >= 11 is 0. The molecule has 0 aliphatic rings. The third-order valence-corrected chi connectivity index (χ3v) is 5.73. The van der Waals surface area contributed by atoms with E-state index in [4.69, 9.17) is 0 Å². The van der Waals surface area contributed by atoms with Crippen LogP contribution >= 0.6 is 0 Å². The quantitative estimate of drug-likeness (QED) is 0.643. The first-order valence-corrected chi connectivity index (χ1v) is 10.6. The van der Waals surface area contributed by atoms with Crippen molar-refractivity contribution >= 4 is 23.2 Å². The molecule has 0 saturated heterocycles. The van der Waals surface area contributed by atoms with Crippen LogP contribution in [-0.2, 0) is 9.59 Å². The van der Waals surface area contributed by atoms with Gasteiger partial charge < -0.3 is 10.6 Å². The topological polar surface area (TPSA) is 61.4 Å². The predicted octanol–water partition coefficient (Wildman–Crippen LogP) is 5.02. The number of benzene rings is 2. The van der Waals surface area contributed by atoms with Gasteiger partial charge in [-0.2, -0.15) is 0 Å². The largest absolute Gasteiger partial charge is 0.325 e. The lowest BCUT2D eigenvalue weighted by molar-refractivity contribution is -0.122. The van der Waals surface area contributed by atoms with Crippen LogP contribution < -0.4 is 10.6 Å². The highest BCUT2D eigenvalue weighted by Crippen LogP contribution is 2.22. The molecule has 2 N–H and O–H groups in total. The van der Waals surface area contributed by atoms with E-state index < -0.39 is 6.04 Å². The Bertz CT molecular complexity index is 867. The van der Waals surface area contributed by atoms with Gasteiger partial charge in [-0.3, -0.25) is 14.5 Å². The number of aryl methyl sites for hydroxylation is 3. The summed E-state index contributed by atoms with van der Waals surface area (Å²) in [4.78, 5) is 26.9. The molecule has 30 heavy (non-hydrogen) atoms. The second-order valence-electron chi connectivity index (χ2n) is 8.33. The van der Waals surface area contributed by atoms with Gasteiger partial charge in [-0.25, -0.2) is 0 Å². The number of nitrogens with one attached hydrogen (secondary N) is 2. The number of anilines is 2. The van der Waals surface area contributed by atoms with Gasteiger partial charge in [-0.05, 0) is 75.9 Å². The number of carbonyl (C=O) groups is 2. The minimum atomic E-state index is -0.440. The van der Waals surface area contributed by atoms with Crippen molar-refractivity contribution in [3.8, 4) is 0 Å². The average Bonchev–Trinajstić information content (AvgIpc) is 2.69. The van der Waals surface area contributed by atoms with Crippen LogP contribution in [0.25, 0.3) is 0 Å². The zero-order chi connectivity index (χ0) is 22.4. The number of hydrogen-bond acceptors (Lipinski definition) is 3. The molecule has 162 valence electrons. The first-order chi connectivity index (χ1) is 14.1. The summed E-state index contributed by atoms with van der Waals surface area (Å²) in [5.74, 6) is 0.230. The van der Waals surface area contributed by atoms with Crippen molar-refractivity contribution in [2.24, 2.45) is 0 Å². The summed E-state index contributed by atoms with van der Waals surface area (Å²) in [5.41, 5.74) is 6.12. The molecule has 2 aromatic carbocycles.